The van der Waals surface area contributed by atoms with E-state index in [0.717, 1.165) is 0 Å². The molecule has 0 aliphatic heterocycles. The van der Waals surface area contributed by atoms with E-state index in [0.29, 0.717) is 4.60 Å². The number of esters is 1. The minimum atomic E-state index is -1.32. The topological polar surface area (TPSA) is 59.4 Å². The van der Waals surface area contributed by atoms with Gasteiger partial charge in [0.25, 0.3) is 0 Å². The molecule has 13 heavy (non-hydrogen) atoms. The zero-order valence-corrected chi connectivity index (χ0v) is 8.48. The second kappa shape index (κ2) is 4.34. The van der Waals surface area contributed by atoms with E-state index in [1.54, 1.807) is 18.2 Å². The Kier molecular flexibility index (Phi) is 3.39. The summed E-state index contributed by atoms with van der Waals surface area (Å²) in [7, 11) is 1.21. The number of carbonyl (C=O) groups is 1. The van der Waals surface area contributed by atoms with Crippen molar-refractivity contribution in [3.8, 4) is 0 Å². The van der Waals surface area contributed by atoms with Gasteiger partial charge in [-0.2, -0.15) is 0 Å². The molecule has 0 aliphatic carbocycles. The average Bonchev–Trinajstić information content (AvgIpc) is 2.15. The monoisotopic (exact) mass is 245 g/mol. The van der Waals surface area contributed by atoms with Crippen LogP contribution in [0.2, 0.25) is 0 Å². The van der Waals surface area contributed by atoms with E-state index in [1.807, 2.05) is 0 Å². The molecule has 5 heteroatoms. The molecule has 1 rings (SSSR count). The van der Waals surface area contributed by atoms with E-state index in [1.165, 1.54) is 7.11 Å². The number of halogens is 1. The number of carbonyl (C=O) groups excluding carboxylic acids is 1. The normalized spacial score (nSPS) is 12.2. The van der Waals surface area contributed by atoms with Crippen LogP contribution in [0.3, 0.4) is 0 Å². The molecule has 0 fully saturated rings. The Morgan fingerprint density at radius 1 is 1.69 bits per heavy atom. The fourth-order valence-electron chi connectivity index (χ4n) is 0.809. The van der Waals surface area contributed by atoms with Crippen LogP contribution in [0.15, 0.2) is 22.8 Å². The first-order valence-electron chi connectivity index (χ1n) is 3.53. The molecule has 1 atom stereocenters. The Bertz CT molecular complexity index is 316. The predicted octanol–water partition coefficient (Wildman–Crippen LogP) is 1.05. The van der Waals surface area contributed by atoms with E-state index in [9.17, 15) is 9.90 Å². The summed E-state index contributed by atoms with van der Waals surface area (Å²) in [6, 6.07) is 4.93. The summed E-state index contributed by atoms with van der Waals surface area (Å²) in [5, 5.41) is 9.36. The summed E-state index contributed by atoms with van der Waals surface area (Å²) >= 11 is 3.13. The van der Waals surface area contributed by atoms with Gasteiger partial charge >= 0.3 is 5.97 Å². The highest BCUT2D eigenvalue weighted by molar-refractivity contribution is 9.10. The summed E-state index contributed by atoms with van der Waals surface area (Å²) in [6.45, 7) is 0. The van der Waals surface area contributed by atoms with Crippen LogP contribution in [0.5, 0.6) is 0 Å². The van der Waals surface area contributed by atoms with Crippen LogP contribution in [-0.4, -0.2) is 23.2 Å². The van der Waals surface area contributed by atoms with Crippen molar-refractivity contribution in [1.82, 2.24) is 4.98 Å². The lowest BCUT2D eigenvalue weighted by atomic mass is 10.2. The molecule has 0 unspecified atom stereocenters. The van der Waals surface area contributed by atoms with Gasteiger partial charge in [-0.05, 0) is 28.1 Å². The van der Waals surface area contributed by atoms with Gasteiger partial charge in [-0.15, -0.1) is 0 Å². The zero-order valence-electron chi connectivity index (χ0n) is 6.90. The third-order valence-corrected chi connectivity index (χ3v) is 1.88. The zero-order chi connectivity index (χ0) is 9.84. The van der Waals surface area contributed by atoms with Crippen molar-refractivity contribution in [3.63, 3.8) is 0 Å². The molecule has 0 saturated carbocycles. The van der Waals surface area contributed by atoms with Gasteiger partial charge in [0.05, 0.1) is 12.8 Å². The van der Waals surface area contributed by atoms with E-state index < -0.39 is 12.1 Å². The highest BCUT2D eigenvalue weighted by atomic mass is 79.9. The summed E-state index contributed by atoms with van der Waals surface area (Å²) in [6.07, 6.45) is -1.32. The van der Waals surface area contributed by atoms with Crippen molar-refractivity contribution in [2.75, 3.05) is 7.11 Å². The van der Waals surface area contributed by atoms with Gasteiger partial charge in [0.2, 0.25) is 0 Å². The first-order valence-corrected chi connectivity index (χ1v) is 4.33. The van der Waals surface area contributed by atoms with Crippen LogP contribution in [0, 0.1) is 0 Å². The second-order valence-corrected chi connectivity index (χ2v) is 3.12. The molecule has 70 valence electrons. The van der Waals surface area contributed by atoms with Crippen LogP contribution in [0.1, 0.15) is 11.8 Å². The highest BCUT2D eigenvalue weighted by Crippen LogP contribution is 2.14. The van der Waals surface area contributed by atoms with E-state index in [-0.39, 0.29) is 5.69 Å². The second-order valence-electron chi connectivity index (χ2n) is 2.31. The lowest BCUT2D eigenvalue weighted by Crippen LogP contribution is -2.14. The number of hydrogen-bond acceptors (Lipinski definition) is 4. The molecule has 1 N–H and O–H groups in total. The highest BCUT2D eigenvalue weighted by Gasteiger charge is 2.18. The van der Waals surface area contributed by atoms with Gasteiger partial charge in [-0.1, -0.05) is 6.07 Å². The van der Waals surface area contributed by atoms with Gasteiger partial charge in [0.15, 0.2) is 6.10 Å². The number of aliphatic hydroxyl groups excluding tert-OH is 1. The molecular weight excluding hydrogens is 238 g/mol. The first kappa shape index (κ1) is 10.1. The molecule has 0 radical (unpaired) electrons. The average molecular weight is 246 g/mol. The Labute approximate surface area is 83.7 Å². The SMILES string of the molecule is COC(=O)[C@H](O)c1cccc(Br)n1. The molecule has 1 aromatic heterocycles. The van der Waals surface area contributed by atoms with Crippen molar-refractivity contribution in [2.45, 2.75) is 6.10 Å². The summed E-state index contributed by atoms with van der Waals surface area (Å²) < 4.78 is 4.92. The minimum absolute atomic E-state index is 0.265. The molecule has 0 spiro atoms. The molecule has 4 nitrogen and oxygen atoms in total. The number of methoxy groups -OCH3 is 1. The number of pyridine rings is 1. The Hall–Kier alpha value is -0.940. The van der Waals surface area contributed by atoms with Crippen molar-refractivity contribution < 1.29 is 14.6 Å². The van der Waals surface area contributed by atoms with Crippen LogP contribution in [0.25, 0.3) is 0 Å². The number of ether oxygens (including phenoxy) is 1. The van der Waals surface area contributed by atoms with Gasteiger partial charge < -0.3 is 9.84 Å². The first-order chi connectivity index (χ1) is 6.15. The van der Waals surface area contributed by atoms with Crippen molar-refractivity contribution in [2.24, 2.45) is 0 Å². The Morgan fingerprint density at radius 3 is 2.92 bits per heavy atom. The largest absolute Gasteiger partial charge is 0.467 e. The maximum absolute atomic E-state index is 10.9. The number of nitrogens with zero attached hydrogens (tertiary/aromatic N) is 1. The van der Waals surface area contributed by atoms with Gasteiger partial charge in [-0.3, -0.25) is 0 Å². The molecule has 0 amide bonds. The fourth-order valence-corrected chi connectivity index (χ4v) is 1.17. The van der Waals surface area contributed by atoms with Crippen molar-refractivity contribution in [3.05, 3.63) is 28.5 Å². The standard InChI is InChI=1S/C8H8BrNO3/c1-13-8(12)7(11)5-3-2-4-6(9)10-5/h2-4,7,11H,1H3/t7-/m1/s1. The van der Waals surface area contributed by atoms with Crippen LogP contribution < -0.4 is 0 Å². The third kappa shape index (κ3) is 2.50. The third-order valence-electron chi connectivity index (χ3n) is 1.44. The lowest BCUT2D eigenvalue weighted by molar-refractivity contribution is -0.150. The van der Waals surface area contributed by atoms with Crippen LogP contribution >= 0.6 is 15.9 Å². The minimum Gasteiger partial charge on any atom is -0.467 e. The molecule has 0 aliphatic rings. The van der Waals surface area contributed by atoms with Crippen molar-refractivity contribution in [1.29, 1.82) is 0 Å². The molecule has 1 aromatic rings. The predicted molar refractivity (Wildman–Crippen MR) is 48.9 cm³/mol. The maximum Gasteiger partial charge on any atom is 0.341 e. The fraction of sp³-hybridized carbons (Fsp3) is 0.250. The Morgan fingerprint density at radius 2 is 2.38 bits per heavy atom. The van der Waals surface area contributed by atoms with Gasteiger partial charge in [0.1, 0.15) is 4.60 Å². The summed E-state index contributed by atoms with van der Waals surface area (Å²) in [5.41, 5.74) is 0.265. The van der Waals surface area contributed by atoms with E-state index in [4.69, 9.17) is 0 Å². The van der Waals surface area contributed by atoms with Crippen molar-refractivity contribution >= 4 is 21.9 Å². The molecule has 0 saturated heterocycles. The summed E-state index contributed by atoms with van der Waals surface area (Å²) in [5.74, 6) is -0.717. The van der Waals surface area contributed by atoms with Crippen LogP contribution in [-0.2, 0) is 9.53 Å². The lowest BCUT2D eigenvalue weighted by Gasteiger charge is -2.06. The Balaban J connectivity index is 2.88. The van der Waals surface area contributed by atoms with Gasteiger partial charge in [0, 0.05) is 0 Å². The molecular formula is C8H8BrNO3. The molecule has 0 aromatic carbocycles. The van der Waals surface area contributed by atoms with Gasteiger partial charge in [-0.25, -0.2) is 9.78 Å². The number of aromatic nitrogens is 1. The number of aliphatic hydroxyl groups is 1. The molecule has 0 bridgehead atoms. The molecule has 1 heterocycles. The summed E-state index contributed by atoms with van der Waals surface area (Å²) in [4.78, 5) is 14.8. The number of rotatable bonds is 2. The maximum atomic E-state index is 10.9. The number of hydrogen-bond donors (Lipinski definition) is 1. The smallest absolute Gasteiger partial charge is 0.341 e. The van der Waals surface area contributed by atoms with E-state index in [2.05, 4.69) is 25.7 Å². The quantitative estimate of drug-likeness (QED) is 0.625. The van der Waals surface area contributed by atoms with E-state index >= 15 is 0 Å². The van der Waals surface area contributed by atoms with Crippen LogP contribution in [0.4, 0.5) is 0 Å².